The van der Waals surface area contributed by atoms with Gasteiger partial charge in [-0.25, -0.2) is 8.78 Å². The molecule has 7 heteroatoms. The number of likely N-dealkylation sites (tertiary alicyclic amines) is 1. The molecular formula is C15H13F2NO4. The number of carbonyl (C=O) groups is 2. The smallest absolute Gasteiger partial charge is 0.250 e. The highest BCUT2D eigenvalue weighted by Gasteiger charge is 2.52. The number of benzene rings is 1. The third-order valence-corrected chi connectivity index (χ3v) is 3.94. The normalized spacial score (nSPS) is 25.1. The van der Waals surface area contributed by atoms with Gasteiger partial charge in [0.15, 0.2) is 11.6 Å². The van der Waals surface area contributed by atoms with Gasteiger partial charge in [-0.1, -0.05) is 12.1 Å². The zero-order valence-corrected chi connectivity index (χ0v) is 11.7. The van der Waals surface area contributed by atoms with Crippen LogP contribution in [-0.4, -0.2) is 28.2 Å². The summed E-state index contributed by atoms with van der Waals surface area (Å²) in [6, 6.07) is 3.36. The molecule has 1 fully saturated rings. The summed E-state index contributed by atoms with van der Waals surface area (Å²) in [5.74, 6) is -4.59. The van der Waals surface area contributed by atoms with Crippen LogP contribution in [0.1, 0.15) is 25.3 Å². The first-order chi connectivity index (χ1) is 10.4. The Bertz CT molecular complexity index is 715. The van der Waals surface area contributed by atoms with Crippen molar-refractivity contribution in [2.24, 2.45) is 0 Å². The number of rotatable bonds is 2. The molecule has 1 atom stereocenters. The van der Waals surface area contributed by atoms with Crippen LogP contribution in [0.25, 0.3) is 0 Å². The highest BCUT2D eigenvalue weighted by atomic mass is 19.2. The van der Waals surface area contributed by atoms with Crippen molar-refractivity contribution >= 4 is 11.7 Å². The minimum Gasteiger partial charge on any atom is -0.501 e. The lowest BCUT2D eigenvalue weighted by molar-refractivity contribution is -0.137. The van der Waals surface area contributed by atoms with Crippen molar-refractivity contribution in [3.8, 4) is 0 Å². The molecule has 0 saturated carbocycles. The summed E-state index contributed by atoms with van der Waals surface area (Å²) in [6.07, 6.45) is 0.845. The summed E-state index contributed by atoms with van der Waals surface area (Å²) in [7, 11) is 0. The van der Waals surface area contributed by atoms with Gasteiger partial charge in [-0.2, -0.15) is 0 Å². The van der Waals surface area contributed by atoms with Crippen LogP contribution in [0.3, 0.4) is 0 Å². The Kier molecular flexibility index (Phi) is 3.16. The summed E-state index contributed by atoms with van der Waals surface area (Å²) >= 11 is 0. The molecule has 22 heavy (non-hydrogen) atoms. The molecule has 3 rings (SSSR count). The lowest BCUT2D eigenvalue weighted by Gasteiger charge is -2.26. The number of nitrogens with zero attached hydrogens (tertiary/aromatic N) is 1. The minimum atomic E-state index is -1.91. The van der Waals surface area contributed by atoms with Crippen LogP contribution in [0, 0.1) is 11.6 Å². The third kappa shape index (κ3) is 1.88. The second kappa shape index (κ2) is 4.79. The molecular weight excluding hydrogens is 296 g/mol. The molecule has 1 N–H and O–H groups in total. The maximum absolute atomic E-state index is 14.0. The molecule has 0 radical (unpaired) electrons. The van der Waals surface area contributed by atoms with Gasteiger partial charge in [0, 0.05) is 18.5 Å². The van der Waals surface area contributed by atoms with Crippen LogP contribution in [0.4, 0.5) is 8.78 Å². The average Bonchev–Trinajstić information content (AvgIpc) is 3.00. The Morgan fingerprint density at radius 3 is 2.68 bits per heavy atom. The van der Waals surface area contributed by atoms with Crippen LogP contribution in [0.2, 0.25) is 0 Å². The van der Waals surface area contributed by atoms with E-state index >= 15 is 0 Å². The minimum absolute atomic E-state index is 0.277. The van der Waals surface area contributed by atoms with Gasteiger partial charge >= 0.3 is 0 Å². The van der Waals surface area contributed by atoms with E-state index in [0.717, 1.165) is 11.0 Å². The van der Waals surface area contributed by atoms with E-state index in [1.807, 2.05) is 0 Å². The molecule has 1 aromatic rings. The maximum atomic E-state index is 14.0. The van der Waals surface area contributed by atoms with Gasteiger partial charge in [-0.3, -0.25) is 14.5 Å². The van der Waals surface area contributed by atoms with Gasteiger partial charge in [0.1, 0.15) is 0 Å². The number of ether oxygens (including phenoxy) is 1. The SMILES string of the molecule is CC1(c2cccc(F)c2F)OC(N2CCCC2=O)=C(O)C1=O. The van der Waals surface area contributed by atoms with Crippen molar-refractivity contribution in [3.63, 3.8) is 0 Å². The number of carbonyl (C=O) groups excluding carboxylic acids is 2. The Balaban J connectivity index is 2.03. The molecule has 1 saturated heterocycles. The number of halogens is 2. The molecule has 0 spiro atoms. The largest absolute Gasteiger partial charge is 0.501 e. The van der Waals surface area contributed by atoms with Crippen molar-refractivity contribution in [1.29, 1.82) is 0 Å². The summed E-state index contributed by atoms with van der Waals surface area (Å²) in [5, 5.41) is 9.99. The number of Topliss-reactive ketones (excluding diaryl/α,β-unsaturated/α-hetero) is 1. The van der Waals surface area contributed by atoms with Gasteiger partial charge in [0.2, 0.25) is 23.2 Å². The molecule has 0 aliphatic carbocycles. The van der Waals surface area contributed by atoms with Crippen LogP contribution in [0.15, 0.2) is 29.8 Å². The summed E-state index contributed by atoms with van der Waals surface area (Å²) in [5.41, 5.74) is -2.24. The first-order valence-corrected chi connectivity index (χ1v) is 6.78. The van der Waals surface area contributed by atoms with Crippen molar-refractivity contribution in [1.82, 2.24) is 4.90 Å². The number of hydrogen-bond acceptors (Lipinski definition) is 4. The molecule has 1 aromatic carbocycles. The Hall–Kier alpha value is -2.44. The molecule has 2 aliphatic heterocycles. The second-order valence-corrected chi connectivity index (χ2v) is 5.37. The third-order valence-electron chi connectivity index (χ3n) is 3.94. The first kappa shape index (κ1) is 14.5. The standard InChI is InChI=1S/C15H13F2NO4/c1-15(8-4-2-5-9(16)11(8)17)13(21)12(20)14(22-15)18-7-3-6-10(18)19/h2,4-5,20H,3,6-7H2,1H3. The molecule has 116 valence electrons. The van der Waals surface area contributed by atoms with E-state index in [-0.39, 0.29) is 23.8 Å². The number of aliphatic hydroxyl groups is 1. The second-order valence-electron chi connectivity index (χ2n) is 5.37. The fourth-order valence-corrected chi connectivity index (χ4v) is 2.71. The van der Waals surface area contributed by atoms with Crippen molar-refractivity contribution in [2.45, 2.75) is 25.4 Å². The maximum Gasteiger partial charge on any atom is 0.250 e. The molecule has 1 amide bonds. The van der Waals surface area contributed by atoms with Crippen LogP contribution >= 0.6 is 0 Å². The number of ketones is 1. The van der Waals surface area contributed by atoms with Crippen molar-refractivity contribution < 1.29 is 28.2 Å². The van der Waals surface area contributed by atoms with Crippen molar-refractivity contribution in [2.75, 3.05) is 6.54 Å². The molecule has 1 unspecified atom stereocenters. The van der Waals surface area contributed by atoms with Gasteiger partial charge in [-0.15, -0.1) is 0 Å². The van der Waals surface area contributed by atoms with E-state index in [2.05, 4.69) is 0 Å². The molecule has 2 aliphatic rings. The van der Waals surface area contributed by atoms with Gasteiger partial charge in [-0.05, 0) is 19.4 Å². The monoisotopic (exact) mass is 309 g/mol. The lowest BCUT2D eigenvalue weighted by Crippen LogP contribution is -2.33. The topological polar surface area (TPSA) is 66.8 Å². The number of amides is 1. The Morgan fingerprint density at radius 1 is 1.32 bits per heavy atom. The summed E-state index contributed by atoms with van der Waals surface area (Å²) in [6.45, 7) is 1.53. The van der Waals surface area contributed by atoms with Gasteiger partial charge in [0.25, 0.3) is 5.78 Å². The highest BCUT2D eigenvalue weighted by Crippen LogP contribution is 2.41. The van der Waals surface area contributed by atoms with E-state index in [4.69, 9.17) is 4.74 Å². The van der Waals surface area contributed by atoms with Crippen molar-refractivity contribution in [3.05, 3.63) is 47.0 Å². The Morgan fingerprint density at radius 2 is 2.05 bits per heavy atom. The number of hydrogen-bond donors (Lipinski definition) is 1. The number of aliphatic hydroxyl groups excluding tert-OH is 1. The zero-order valence-electron chi connectivity index (χ0n) is 11.7. The predicted molar refractivity (Wildman–Crippen MR) is 70.4 cm³/mol. The van der Waals surface area contributed by atoms with E-state index in [9.17, 15) is 23.5 Å². The summed E-state index contributed by atoms with van der Waals surface area (Å²) < 4.78 is 32.8. The summed E-state index contributed by atoms with van der Waals surface area (Å²) in [4.78, 5) is 25.2. The quantitative estimate of drug-likeness (QED) is 0.909. The Labute approximate surface area is 124 Å². The molecule has 5 nitrogen and oxygen atoms in total. The van der Waals surface area contributed by atoms with E-state index in [1.54, 1.807) is 0 Å². The van der Waals surface area contributed by atoms with Gasteiger partial charge in [0.05, 0.1) is 0 Å². The van der Waals surface area contributed by atoms with E-state index < -0.39 is 28.8 Å². The van der Waals surface area contributed by atoms with E-state index in [1.165, 1.54) is 19.1 Å². The van der Waals surface area contributed by atoms with Crippen LogP contribution < -0.4 is 0 Å². The predicted octanol–water partition coefficient (Wildman–Crippen LogP) is 2.13. The fraction of sp³-hybridized carbons (Fsp3) is 0.333. The lowest BCUT2D eigenvalue weighted by atomic mass is 9.91. The highest BCUT2D eigenvalue weighted by molar-refractivity contribution is 6.03. The average molecular weight is 309 g/mol. The molecule has 0 bridgehead atoms. The fourth-order valence-electron chi connectivity index (χ4n) is 2.71. The van der Waals surface area contributed by atoms with Crippen LogP contribution in [-0.2, 0) is 19.9 Å². The van der Waals surface area contributed by atoms with E-state index in [0.29, 0.717) is 13.0 Å². The zero-order chi connectivity index (χ0) is 16.1. The molecule has 2 heterocycles. The van der Waals surface area contributed by atoms with Crippen LogP contribution in [0.5, 0.6) is 0 Å². The molecule has 0 aromatic heterocycles. The first-order valence-electron chi connectivity index (χ1n) is 6.78. The van der Waals surface area contributed by atoms with Gasteiger partial charge < -0.3 is 9.84 Å².